The van der Waals surface area contributed by atoms with E-state index in [1.54, 1.807) is 30.3 Å². The van der Waals surface area contributed by atoms with Crippen molar-refractivity contribution >= 4 is 23.5 Å². The van der Waals surface area contributed by atoms with Gasteiger partial charge in [0.15, 0.2) is 6.61 Å². The zero-order chi connectivity index (χ0) is 15.0. The van der Waals surface area contributed by atoms with Crippen molar-refractivity contribution in [3.05, 3.63) is 41.9 Å². The van der Waals surface area contributed by atoms with Gasteiger partial charge in [-0.3, -0.25) is 4.79 Å². The molecule has 1 atom stereocenters. The fraction of sp³-hybridized carbons (Fsp3) is 0.286. The number of amides is 1. The molecule has 0 fully saturated rings. The van der Waals surface area contributed by atoms with E-state index in [9.17, 15) is 9.59 Å². The van der Waals surface area contributed by atoms with E-state index in [0.29, 0.717) is 23.6 Å². The molecule has 0 aromatic heterocycles. The van der Waals surface area contributed by atoms with Crippen molar-refractivity contribution in [2.24, 2.45) is 0 Å². The first-order valence-corrected chi connectivity index (χ1v) is 6.42. The van der Waals surface area contributed by atoms with Crippen molar-refractivity contribution in [2.75, 3.05) is 6.61 Å². The van der Waals surface area contributed by atoms with Gasteiger partial charge >= 0.3 is 5.97 Å². The molecule has 0 aliphatic heterocycles. The van der Waals surface area contributed by atoms with E-state index in [4.69, 9.17) is 21.4 Å². The SMILES string of the molecule is C=CCCC(NC(=O)COc1cccc(Cl)c1)C(=O)O. The fourth-order valence-corrected chi connectivity index (χ4v) is 1.66. The molecule has 20 heavy (non-hydrogen) atoms. The highest BCUT2D eigenvalue weighted by molar-refractivity contribution is 6.30. The van der Waals surface area contributed by atoms with E-state index in [-0.39, 0.29) is 6.61 Å². The van der Waals surface area contributed by atoms with Crippen LogP contribution in [0.3, 0.4) is 0 Å². The zero-order valence-electron chi connectivity index (χ0n) is 10.8. The number of rotatable bonds is 8. The minimum Gasteiger partial charge on any atom is -0.484 e. The van der Waals surface area contributed by atoms with Gasteiger partial charge in [0.25, 0.3) is 5.91 Å². The van der Waals surface area contributed by atoms with E-state index in [2.05, 4.69) is 11.9 Å². The van der Waals surface area contributed by atoms with E-state index in [0.717, 1.165) is 0 Å². The quantitative estimate of drug-likeness (QED) is 0.722. The lowest BCUT2D eigenvalue weighted by Gasteiger charge is -2.14. The summed E-state index contributed by atoms with van der Waals surface area (Å²) in [6.45, 7) is 3.25. The van der Waals surface area contributed by atoms with Crippen LogP contribution in [0.2, 0.25) is 5.02 Å². The van der Waals surface area contributed by atoms with Gasteiger partial charge in [0, 0.05) is 5.02 Å². The third-order valence-corrected chi connectivity index (χ3v) is 2.69. The summed E-state index contributed by atoms with van der Waals surface area (Å²) in [5.41, 5.74) is 0. The molecule has 1 aromatic rings. The summed E-state index contributed by atoms with van der Waals surface area (Å²) in [5.74, 6) is -1.13. The maximum atomic E-state index is 11.6. The molecule has 0 aliphatic carbocycles. The van der Waals surface area contributed by atoms with Crippen molar-refractivity contribution in [3.8, 4) is 5.75 Å². The molecular weight excluding hydrogens is 282 g/mol. The third kappa shape index (κ3) is 5.75. The first kappa shape index (κ1) is 16.0. The molecule has 0 heterocycles. The molecule has 1 rings (SSSR count). The predicted molar refractivity (Wildman–Crippen MR) is 75.9 cm³/mol. The smallest absolute Gasteiger partial charge is 0.326 e. The van der Waals surface area contributed by atoms with Gasteiger partial charge in [0.2, 0.25) is 0 Å². The van der Waals surface area contributed by atoms with E-state index in [1.807, 2.05) is 0 Å². The number of nitrogens with one attached hydrogen (secondary N) is 1. The Morgan fingerprint density at radius 3 is 2.85 bits per heavy atom. The summed E-state index contributed by atoms with van der Waals surface area (Å²) >= 11 is 5.78. The molecule has 0 saturated heterocycles. The van der Waals surface area contributed by atoms with Gasteiger partial charge < -0.3 is 15.2 Å². The summed E-state index contributed by atoms with van der Waals surface area (Å²) in [5, 5.41) is 11.9. The van der Waals surface area contributed by atoms with Crippen LogP contribution in [0.1, 0.15) is 12.8 Å². The number of benzene rings is 1. The molecule has 0 bridgehead atoms. The second-order valence-electron chi connectivity index (χ2n) is 4.07. The summed E-state index contributed by atoms with van der Waals surface area (Å²) in [6, 6.07) is 5.67. The van der Waals surface area contributed by atoms with Gasteiger partial charge in [-0.25, -0.2) is 4.79 Å². The number of aliphatic carboxylic acids is 1. The van der Waals surface area contributed by atoms with Gasteiger partial charge in [0.1, 0.15) is 11.8 Å². The molecule has 6 heteroatoms. The highest BCUT2D eigenvalue weighted by atomic mass is 35.5. The average molecular weight is 298 g/mol. The van der Waals surface area contributed by atoms with E-state index >= 15 is 0 Å². The molecular formula is C14H16ClNO4. The molecule has 0 spiro atoms. The van der Waals surface area contributed by atoms with Crippen LogP contribution < -0.4 is 10.1 Å². The summed E-state index contributed by atoms with van der Waals surface area (Å²) in [7, 11) is 0. The summed E-state index contributed by atoms with van der Waals surface area (Å²) in [6.07, 6.45) is 2.40. The highest BCUT2D eigenvalue weighted by Crippen LogP contribution is 2.16. The number of hydrogen-bond acceptors (Lipinski definition) is 3. The van der Waals surface area contributed by atoms with E-state index < -0.39 is 17.9 Å². The molecule has 0 aliphatic rings. The van der Waals surface area contributed by atoms with Crippen LogP contribution in [0.4, 0.5) is 0 Å². The molecule has 5 nitrogen and oxygen atoms in total. The van der Waals surface area contributed by atoms with Gasteiger partial charge in [-0.05, 0) is 31.0 Å². The first-order chi connectivity index (χ1) is 9.52. The lowest BCUT2D eigenvalue weighted by atomic mass is 10.1. The molecule has 1 unspecified atom stereocenters. The topological polar surface area (TPSA) is 75.6 Å². The van der Waals surface area contributed by atoms with Crippen molar-refractivity contribution in [3.63, 3.8) is 0 Å². The molecule has 108 valence electrons. The Hall–Kier alpha value is -2.01. The van der Waals surface area contributed by atoms with Gasteiger partial charge in [-0.15, -0.1) is 6.58 Å². The first-order valence-electron chi connectivity index (χ1n) is 6.04. The Kier molecular flexibility index (Phi) is 6.59. The molecule has 0 radical (unpaired) electrons. The molecule has 1 amide bonds. The summed E-state index contributed by atoms with van der Waals surface area (Å²) in [4.78, 5) is 22.6. The molecule has 2 N–H and O–H groups in total. The monoisotopic (exact) mass is 297 g/mol. The zero-order valence-corrected chi connectivity index (χ0v) is 11.6. The number of hydrogen-bond donors (Lipinski definition) is 2. The molecule has 1 aromatic carbocycles. The predicted octanol–water partition coefficient (Wildman–Crippen LogP) is 2.25. The Morgan fingerprint density at radius 2 is 2.25 bits per heavy atom. The highest BCUT2D eigenvalue weighted by Gasteiger charge is 2.19. The lowest BCUT2D eigenvalue weighted by Crippen LogP contribution is -2.42. The second kappa shape index (κ2) is 8.22. The number of allylic oxidation sites excluding steroid dienone is 1. The standard InChI is InChI=1S/C14H16ClNO4/c1-2-3-7-12(14(18)19)16-13(17)9-20-11-6-4-5-10(15)8-11/h2,4-6,8,12H,1,3,7,9H2,(H,16,17)(H,18,19). The third-order valence-electron chi connectivity index (χ3n) is 2.46. The van der Waals surface area contributed by atoms with Crippen LogP contribution in [-0.2, 0) is 9.59 Å². The van der Waals surface area contributed by atoms with Crippen molar-refractivity contribution in [1.29, 1.82) is 0 Å². The Balaban J connectivity index is 2.45. The minimum absolute atomic E-state index is 0.266. The Bertz CT molecular complexity index is 490. The second-order valence-corrected chi connectivity index (χ2v) is 4.51. The number of halogens is 1. The largest absolute Gasteiger partial charge is 0.484 e. The van der Waals surface area contributed by atoms with Crippen LogP contribution in [0.25, 0.3) is 0 Å². The Morgan fingerprint density at radius 1 is 1.50 bits per heavy atom. The van der Waals surface area contributed by atoms with Crippen LogP contribution in [-0.4, -0.2) is 29.6 Å². The van der Waals surface area contributed by atoms with Crippen molar-refractivity contribution < 1.29 is 19.4 Å². The van der Waals surface area contributed by atoms with Crippen molar-refractivity contribution in [1.82, 2.24) is 5.32 Å². The maximum absolute atomic E-state index is 11.6. The minimum atomic E-state index is -1.08. The van der Waals surface area contributed by atoms with Gasteiger partial charge in [-0.1, -0.05) is 23.7 Å². The maximum Gasteiger partial charge on any atom is 0.326 e. The lowest BCUT2D eigenvalue weighted by molar-refractivity contribution is -0.142. The number of ether oxygens (including phenoxy) is 1. The fourth-order valence-electron chi connectivity index (χ4n) is 1.48. The average Bonchev–Trinajstić information content (AvgIpc) is 2.41. The van der Waals surface area contributed by atoms with Crippen LogP contribution in [0.15, 0.2) is 36.9 Å². The van der Waals surface area contributed by atoms with Crippen molar-refractivity contribution in [2.45, 2.75) is 18.9 Å². The Labute approximate surface area is 122 Å². The van der Waals surface area contributed by atoms with Gasteiger partial charge in [0.05, 0.1) is 0 Å². The van der Waals surface area contributed by atoms with E-state index in [1.165, 1.54) is 0 Å². The number of carboxylic acid groups (broad SMARTS) is 1. The molecule has 0 saturated carbocycles. The number of carboxylic acids is 1. The van der Waals surface area contributed by atoms with Gasteiger partial charge in [-0.2, -0.15) is 0 Å². The number of carbonyl (C=O) groups is 2. The summed E-state index contributed by atoms with van der Waals surface area (Å²) < 4.78 is 5.22. The van der Waals surface area contributed by atoms with Crippen LogP contribution >= 0.6 is 11.6 Å². The van der Waals surface area contributed by atoms with Crippen LogP contribution in [0.5, 0.6) is 5.75 Å². The van der Waals surface area contributed by atoms with Crippen LogP contribution in [0, 0.1) is 0 Å². The normalized spacial score (nSPS) is 11.4. The number of carbonyl (C=O) groups excluding carboxylic acids is 1.